The van der Waals surface area contributed by atoms with E-state index >= 15 is 0 Å². The number of alkyl halides is 2. The highest BCUT2D eigenvalue weighted by Crippen LogP contribution is 2.39. The monoisotopic (exact) mass is 541 g/mol. The van der Waals surface area contributed by atoms with Gasteiger partial charge in [-0.3, -0.25) is 9.69 Å². The van der Waals surface area contributed by atoms with Gasteiger partial charge in [-0.2, -0.15) is 0 Å². The summed E-state index contributed by atoms with van der Waals surface area (Å²) in [6, 6.07) is 10.1. The summed E-state index contributed by atoms with van der Waals surface area (Å²) >= 11 is 12.2. The van der Waals surface area contributed by atoms with Crippen LogP contribution in [0.2, 0.25) is 10.0 Å². The minimum Gasteiger partial charge on any atom is -0.340 e. The van der Waals surface area contributed by atoms with Gasteiger partial charge in [-0.1, -0.05) is 35.3 Å². The molecule has 2 fully saturated rings. The minimum absolute atomic E-state index is 0.140. The summed E-state index contributed by atoms with van der Waals surface area (Å²) in [5, 5.41) is 0.777. The zero-order chi connectivity index (χ0) is 26.2. The van der Waals surface area contributed by atoms with Crippen LogP contribution in [0.15, 0.2) is 42.5 Å². The van der Waals surface area contributed by atoms with Crippen LogP contribution in [-0.4, -0.2) is 60.9 Å². The third-order valence-electron chi connectivity index (χ3n) is 7.29. The van der Waals surface area contributed by atoms with Crippen molar-refractivity contribution < 1.29 is 22.8 Å². The van der Waals surface area contributed by atoms with E-state index in [0.29, 0.717) is 22.3 Å². The second-order valence-electron chi connectivity index (χ2n) is 9.68. The van der Waals surface area contributed by atoms with Gasteiger partial charge in [0, 0.05) is 67.6 Å². The highest BCUT2D eigenvalue weighted by molar-refractivity contribution is 6.35. The molecule has 2 aromatic rings. The number of hydrogen-bond acceptors (Lipinski definition) is 2. The molecule has 194 valence electrons. The molecule has 0 radical (unpaired) electrons. The van der Waals surface area contributed by atoms with Crippen molar-refractivity contribution in [1.82, 2.24) is 9.80 Å². The second kappa shape index (κ2) is 10.5. The number of likely N-dealkylation sites (N-methyl/N-ethyl adjacent to an activating group) is 1. The van der Waals surface area contributed by atoms with Gasteiger partial charge in [0.25, 0.3) is 0 Å². The fourth-order valence-corrected chi connectivity index (χ4v) is 5.68. The van der Waals surface area contributed by atoms with Crippen LogP contribution in [0.4, 0.5) is 23.7 Å². The molecular weight excluding hydrogens is 514 g/mol. The summed E-state index contributed by atoms with van der Waals surface area (Å²) in [5.74, 6) is -4.01. The van der Waals surface area contributed by atoms with Crippen molar-refractivity contribution in [2.24, 2.45) is 5.92 Å². The van der Waals surface area contributed by atoms with Gasteiger partial charge in [-0.15, -0.1) is 0 Å². The number of anilines is 1. The molecule has 0 N–H and O–H groups in total. The van der Waals surface area contributed by atoms with Crippen molar-refractivity contribution in [3.05, 3.63) is 63.9 Å². The normalized spacial score (nSPS) is 21.9. The first-order chi connectivity index (χ1) is 16.9. The number of hydrogen-bond donors (Lipinski definition) is 0. The summed E-state index contributed by atoms with van der Waals surface area (Å²) in [5.41, 5.74) is 1.30. The van der Waals surface area contributed by atoms with E-state index in [1.807, 2.05) is 0 Å². The molecule has 0 bridgehead atoms. The zero-order valence-electron chi connectivity index (χ0n) is 20.1. The van der Waals surface area contributed by atoms with Gasteiger partial charge in [-0.25, -0.2) is 18.0 Å². The number of carbonyl (C=O) groups is 2. The van der Waals surface area contributed by atoms with Gasteiger partial charge >= 0.3 is 6.03 Å². The molecule has 2 atom stereocenters. The Morgan fingerprint density at radius 3 is 2.14 bits per heavy atom. The highest BCUT2D eigenvalue weighted by Gasteiger charge is 2.44. The van der Waals surface area contributed by atoms with E-state index in [1.165, 1.54) is 17.0 Å². The SMILES string of the molecule is CN(C(=O)N(C)[C@@H]1CN(C(=O)C2CCC(F)(F)CC2)C[C@H]1c1ccc(F)cc1)c1cc(Cl)cc(Cl)c1. The van der Waals surface area contributed by atoms with E-state index < -0.39 is 17.9 Å². The van der Waals surface area contributed by atoms with E-state index in [9.17, 15) is 22.8 Å². The first-order valence-electron chi connectivity index (χ1n) is 11.8. The summed E-state index contributed by atoms with van der Waals surface area (Å²) in [7, 11) is 3.26. The van der Waals surface area contributed by atoms with E-state index in [4.69, 9.17) is 23.2 Å². The molecule has 1 saturated heterocycles. The lowest BCUT2D eigenvalue weighted by molar-refractivity contribution is -0.138. The highest BCUT2D eigenvalue weighted by atomic mass is 35.5. The van der Waals surface area contributed by atoms with Gasteiger partial charge in [0.2, 0.25) is 11.8 Å². The Morgan fingerprint density at radius 2 is 1.56 bits per heavy atom. The summed E-state index contributed by atoms with van der Waals surface area (Å²) < 4.78 is 40.9. The second-order valence-corrected chi connectivity index (χ2v) is 10.6. The van der Waals surface area contributed by atoms with Crippen molar-refractivity contribution in [3.8, 4) is 0 Å². The molecule has 2 aliphatic rings. The molecule has 5 nitrogen and oxygen atoms in total. The van der Waals surface area contributed by atoms with Crippen LogP contribution in [0.5, 0.6) is 0 Å². The van der Waals surface area contributed by atoms with Crippen LogP contribution in [-0.2, 0) is 4.79 Å². The van der Waals surface area contributed by atoms with Gasteiger partial charge in [0.1, 0.15) is 5.82 Å². The van der Waals surface area contributed by atoms with Crippen LogP contribution >= 0.6 is 23.2 Å². The number of benzene rings is 2. The zero-order valence-corrected chi connectivity index (χ0v) is 21.6. The summed E-state index contributed by atoms with van der Waals surface area (Å²) in [6.07, 6.45) is -0.316. The third kappa shape index (κ3) is 5.75. The van der Waals surface area contributed by atoms with Crippen LogP contribution in [0.1, 0.15) is 37.2 Å². The molecule has 1 heterocycles. The average Bonchev–Trinajstić information content (AvgIpc) is 3.27. The number of amides is 3. The molecular formula is C26H28Cl2F3N3O2. The number of rotatable bonds is 4. The fourth-order valence-electron chi connectivity index (χ4n) is 5.16. The maximum Gasteiger partial charge on any atom is 0.324 e. The molecule has 1 saturated carbocycles. The first kappa shape index (κ1) is 26.6. The minimum atomic E-state index is -2.72. The van der Waals surface area contributed by atoms with E-state index in [-0.39, 0.29) is 55.9 Å². The number of carbonyl (C=O) groups excluding carboxylic acids is 2. The van der Waals surface area contributed by atoms with Gasteiger partial charge in [0.05, 0.1) is 6.04 Å². The molecule has 0 unspecified atom stereocenters. The molecule has 3 amide bonds. The maximum absolute atomic E-state index is 13.6. The molecule has 0 aromatic heterocycles. The average molecular weight is 542 g/mol. The van der Waals surface area contributed by atoms with Crippen molar-refractivity contribution in [3.63, 3.8) is 0 Å². The molecule has 0 spiro atoms. The smallest absolute Gasteiger partial charge is 0.324 e. The van der Waals surface area contributed by atoms with Crippen molar-refractivity contribution >= 4 is 40.8 Å². The molecule has 2 aromatic carbocycles. The first-order valence-corrected chi connectivity index (χ1v) is 12.6. The van der Waals surface area contributed by atoms with Crippen LogP contribution in [0.25, 0.3) is 0 Å². The predicted molar refractivity (Wildman–Crippen MR) is 134 cm³/mol. The number of likely N-dealkylation sites (tertiary alicyclic amines) is 1. The lowest BCUT2D eigenvalue weighted by atomic mass is 9.86. The summed E-state index contributed by atoms with van der Waals surface area (Å²) in [4.78, 5) is 31.4. The van der Waals surface area contributed by atoms with Crippen LogP contribution in [0, 0.1) is 11.7 Å². The quantitative estimate of drug-likeness (QED) is 0.447. The van der Waals surface area contributed by atoms with Crippen molar-refractivity contribution in [2.45, 2.75) is 43.6 Å². The maximum atomic E-state index is 13.6. The molecule has 10 heteroatoms. The topological polar surface area (TPSA) is 43.9 Å². The number of nitrogens with zero attached hydrogens (tertiary/aromatic N) is 3. The Hall–Kier alpha value is -2.45. The Balaban J connectivity index is 1.56. The van der Waals surface area contributed by atoms with E-state index in [2.05, 4.69) is 0 Å². The Bertz CT molecular complexity index is 1100. The lowest BCUT2D eigenvalue weighted by Gasteiger charge is -2.33. The molecule has 1 aliphatic heterocycles. The van der Waals surface area contributed by atoms with E-state index in [1.54, 1.807) is 54.2 Å². The fraction of sp³-hybridized carbons (Fsp3) is 0.462. The van der Waals surface area contributed by atoms with E-state index in [0.717, 1.165) is 5.56 Å². The number of urea groups is 1. The van der Waals surface area contributed by atoms with Gasteiger partial charge in [0.15, 0.2) is 0 Å². The van der Waals surface area contributed by atoms with Gasteiger partial charge < -0.3 is 9.80 Å². The Morgan fingerprint density at radius 1 is 0.972 bits per heavy atom. The predicted octanol–water partition coefficient (Wildman–Crippen LogP) is 6.44. The Kier molecular flexibility index (Phi) is 7.76. The van der Waals surface area contributed by atoms with Crippen LogP contribution in [0.3, 0.4) is 0 Å². The number of halogens is 5. The van der Waals surface area contributed by atoms with Crippen molar-refractivity contribution in [1.29, 1.82) is 0 Å². The summed E-state index contributed by atoms with van der Waals surface area (Å²) in [6.45, 7) is 0.562. The van der Waals surface area contributed by atoms with Gasteiger partial charge in [-0.05, 0) is 48.7 Å². The lowest BCUT2D eigenvalue weighted by Crippen LogP contribution is -2.48. The standard InChI is InChI=1S/C26H28Cl2F3N3O2/c1-32(21-12-18(27)11-19(28)13-21)25(36)33(2)23-15-34(14-22(23)16-3-5-20(29)6-4-16)24(35)17-7-9-26(30,31)10-8-17/h3-6,11-13,17,22-23H,7-10,14-15H2,1-2H3/t22-,23+/m0/s1. The molecule has 1 aliphatic carbocycles. The van der Waals surface area contributed by atoms with Crippen molar-refractivity contribution in [2.75, 3.05) is 32.1 Å². The molecule has 4 rings (SSSR count). The van der Waals surface area contributed by atoms with Crippen LogP contribution < -0.4 is 4.90 Å². The third-order valence-corrected chi connectivity index (χ3v) is 7.72. The largest absolute Gasteiger partial charge is 0.340 e. The Labute approximate surface area is 218 Å². The molecule has 36 heavy (non-hydrogen) atoms.